The van der Waals surface area contributed by atoms with Gasteiger partial charge >= 0.3 is 0 Å². The average molecular weight is 250 g/mol. The van der Waals surface area contributed by atoms with E-state index in [9.17, 15) is 4.39 Å². The first-order valence-corrected chi connectivity index (χ1v) is 6.83. The lowest BCUT2D eigenvalue weighted by molar-refractivity contribution is 0.132. The van der Waals surface area contributed by atoms with E-state index in [0.717, 1.165) is 13.1 Å². The molecule has 0 aromatic heterocycles. The lowest BCUT2D eigenvalue weighted by Crippen LogP contribution is -2.40. The van der Waals surface area contributed by atoms with Crippen molar-refractivity contribution in [2.24, 2.45) is 11.7 Å². The summed E-state index contributed by atoms with van der Waals surface area (Å²) in [5, 5.41) is 0. The van der Waals surface area contributed by atoms with E-state index in [2.05, 4.69) is 18.7 Å². The smallest absolute Gasteiger partial charge is 0.123 e. The number of nitrogens with two attached hydrogens (primary N) is 1. The lowest BCUT2D eigenvalue weighted by atomic mass is 9.90. The number of halogens is 1. The number of hydrogen-bond acceptors (Lipinski definition) is 2. The first-order valence-electron chi connectivity index (χ1n) is 6.83. The van der Waals surface area contributed by atoms with Gasteiger partial charge in [0.05, 0.1) is 0 Å². The summed E-state index contributed by atoms with van der Waals surface area (Å²) in [6, 6.07) is 7.52. The van der Waals surface area contributed by atoms with Gasteiger partial charge in [0.1, 0.15) is 5.82 Å². The van der Waals surface area contributed by atoms with Crippen LogP contribution in [0, 0.1) is 11.7 Å². The van der Waals surface area contributed by atoms with Crippen molar-refractivity contribution >= 4 is 0 Å². The highest BCUT2D eigenvalue weighted by Crippen LogP contribution is 2.27. The Morgan fingerprint density at radius 3 is 2.22 bits per heavy atom. The molecule has 2 N–H and O–H groups in total. The second kappa shape index (κ2) is 5.81. The topological polar surface area (TPSA) is 29.3 Å². The first-order chi connectivity index (χ1) is 8.58. The van der Waals surface area contributed by atoms with Crippen LogP contribution in [0.5, 0.6) is 0 Å². The predicted octanol–water partition coefficient (Wildman–Crippen LogP) is 2.95. The van der Waals surface area contributed by atoms with Crippen molar-refractivity contribution in [3.63, 3.8) is 0 Å². The number of likely N-dealkylation sites (tertiary alicyclic amines) is 1. The Bertz CT molecular complexity index is 367. The zero-order valence-electron chi connectivity index (χ0n) is 11.3. The minimum atomic E-state index is -0.165. The van der Waals surface area contributed by atoms with E-state index >= 15 is 0 Å². The Morgan fingerprint density at radius 2 is 1.72 bits per heavy atom. The van der Waals surface area contributed by atoms with Crippen LogP contribution in [-0.2, 0) is 0 Å². The van der Waals surface area contributed by atoms with Crippen LogP contribution in [0.4, 0.5) is 4.39 Å². The van der Waals surface area contributed by atoms with Crippen molar-refractivity contribution in [2.45, 2.75) is 38.8 Å². The van der Waals surface area contributed by atoms with E-state index < -0.39 is 0 Å². The minimum Gasteiger partial charge on any atom is -0.328 e. The van der Waals surface area contributed by atoms with Crippen LogP contribution in [0.15, 0.2) is 24.3 Å². The van der Waals surface area contributed by atoms with Gasteiger partial charge < -0.3 is 5.73 Å². The Hall–Kier alpha value is -0.930. The Kier molecular flexibility index (Phi) is 4.36. The molecule has 0 spiro atoms. The molecule has 2 atom stereocenters. The normalized spacial score (nSPS) is 21.8. The largest absolute Gasteiger partial charge is 0.328 e. The molecule has 0 aliphatic carbocycles. The highest BCUT2D eigenvalue weighted by atomic mass is 19.1. The molecule has 18 heavy (non-hydrogen) atoms. The standard InChI is InChI=1S/C15H23FN2/c1-11(17)13-7-9-18(10-8-13)12(2)14-3-5-15(16)6-4-14/h3-6,11-13H,7-10,17H2,1-2H3. The lowest BCUT2D eigenvalue weighted by Gasteiger charge is -2.37. The van der Waals surface area contributed by atoms with Crippen LogP contribution < -0.4 is 5.73 Å². The summed E-state index contributed by atoms with van der Waals surface area (Å²) in [5.74, 6) is 0.489. The fourth-order valence-corrected chi connectivity index (χ4v) is 2.78. The molecule has 2 unspecified atom stereocenters. The molecule has 100 valence electrons. The summed E-state index contributed by atoms with van der Waals surface area (Å²) in [6.07, 6.45) is 2.34. The second-order valence-corrected chi connectivity index (χ2v) is 5.46. The van der Waals surface area contributed by atoms with Gasteiger partial charge in [0.25, 0.3) is 0 Å². The van der Waals surface area contributed by atoms with E-state index in [0.29, 0.717) is 18.0 Å². The molecule has 1 aliphatic rings. The third kappa shape index (κ3) is 3.09. The van der Waals surface area contributed by atoms with Gasteiger partial charge in [-0.1, -0.05) is 12.1 Å². The maximum Gasteiger partial charge on any atom is 0.123 e. The Labute approximate surface area is 109 Å². The summed E-state index contributed by atoms with van der Waals surface area (Å²) in [6.45, 7) is 6.47. The summed E-state index contributed by atoms with van der Waals surface area (Å²) in [4.78, 5) is 2.46. The summed E-state index contributed by atoms with van der Waals surface area (Å²) in [7, 11) is 0. The van der Waals surface area contributed by atoms with Gasteiger partial charge in [-0.25, -0.2) is 4.39 Å². The predicted molar refractivity (Wildman–Crippen MR) is 72.8 cm³/mol. The van der Waals surface area contributed by atoms with Crippen molar-refractivity contribution in [3.8, 4) is 0 Å². The van der Waals surface area contributed by atoms with Crippen LogP contribution in [-0.4, -0.2) is 24.0 Å². The molecule has 1 fully saturated rings. The minimum absolute atomic E-state index is 0.165. The van der Waals surface area contributed by atoms with Crippen LogP contribution in [0.25, 0.3) is 0 Å². The summed E-state index contributed by atoms with van der Waals surface area (Å²) in [5.41, 5.74) is 7.15. The van der Waals surface area contributed by atoms with Gasteiger partial charge in [-0.05, 0) is 63.4 Å². The van der Waals surface area contributed by atoms with Crippen LogP contribution >= 0.6 is 0 Å². The van der Waals surface area contributed by atoms with Crippen molar-refractivity contribution in [1.29, 1.82) is 0 Å². The highest BCUT2D eigenvalue weighted by Gasteiger charge is 2.25. The SMILES string of the molecule is CC(N)C1CCN(C(C)c2ccc(F)cc2)CC1. The molecule has 1 aliphatic heterocycles. The van der Waals surface area contributed by atoms with Crippen molar-refractivity contribution < 1.29 is 4.39 Å². The zero-order valence-corrected chi connectivity index (χ0v) is 11.3. The second-order valence-electron chi connectivity index (χ2n) is 5.46. The fourth-order valence-electron chi connectivity index (χ4n) is 2.78. The van der Waals surface area contributed by atoms with E-state index in [1.165, 1.54) is 18.4 Å². The van der Waals surface area contributed by atoms with Gasteiger partial charge in [0.15, 0.2) is 0 Å². The molecule has 3 heteroatoms. The van der Waals surface area contributed by atoms with Gasteiger partial charge in [-0.2, -0.15) is 0 Å². The maximum atomic E-state index is 12.9. The first kappa shape index (κ1) is 13.5. The van der Waals surface area contributed by atoms with Gasteiger partial charge in [-0.15, -0.1) is 0 Å². The van der Waals surface area contributed by atoms with Gasteiger partial charge in [0, 0.05) is 12.1 Å². The van der Waals surface area contributed by atoms with Gasteiger partial charge in [0.2, 0.25) is 0 Å². The van der Waals surface area contributed by atoms with E-state index in [1.54, 1.807) is 12.1 Å². The van der Waals surface area contributed by atoms with Crippen LogP contribution in [0.3, 0.4) is 0 Å². The third-order valence-corrected chi connectivity index (χ3v) is 4.22. The molecular weight excluding hydrogens is 227 g/mol. The van der Waals surface area contributed by atoms with E-state index in [4.69, 9.17) is 5.73 Å². The molecule has 0 radical (unpaired) electrons. The number of hydrogen-bond donors (Lipinski definition) is 1. The fraction of sp³-hybridized carbons (Fsp3) is 0.600. The number of piperidine rings is 1. The van der Waals surface area contributed by atoms with Crippen molar-refractivity contribution in [3.05, 3.63) is 35.6 Å². The Morgan fingerprint density at radius 1 is 1.17 bits per heavy atom. The molecule has 2 rings (SSSR count). The molecule has 1 heterocycles. The van der Waals surface area contributed by atoms with E-state index in [-0.39, 0.29) is 5.82 Å². The summed E-state index contributed by atoms with van der Waals surface area (Å²) >= 11 is 0. The summed E-state index contributed by atoms with van der Waals surface area (Å²) < 4.78 is 12.9. The van der Waals surface area contributed by atoms with Crippen LogP contribution in [0.2, 0.25) is 0 Å². The maximum absolute atomic E-state index is 12.9. The molecule has 0 bridgehead atoms. The monoisotopic (exact) mass is 250 g/mol. The van der Waals surface area contributed by atoms with Crippen molar-refractivity contribution in [1.82, 2.24) is 4.90 Å². The third-order valence-electron chi connectivity index (χ3n) is 4.22. The highest BCUT2D eigenvalue weighted by molar-refractivity contribution is 5.19. The quantitative estimate of drug-likeness (QED) is 0.893. The number of nitrogens with zero attached hydrogens (tertiary/aromatic N) is 1. The number of benzene rings is 1. The zero-order chi connectivity index (χ0) is 13.1. The molecular formula is C15H23FN2. The van der Waals surface area contributed by atoms with E-state index in [1.807, 2.05) is 12.1 Å². The molecule has 0 amide bonds. The molecule has 2 nitrogen and oxygen atoms in total. The van der Waals surface area contributed by atoms with Crippen molar-refractivity contribution in [2.75, 3.05) is 13.1 Å². The number of rotatable bonds is 3. The molecule has 1 saturated heterocycles. The molecule has 1 aromatic rings. The van der Waals surface area contributed by atoms with Crippen LogP contribution in [0.1, 0.15) is 38.3 Å². The van der Waals surface area contributed by atoms with Gasteiger partial charge in [-0.3, -0.25) is 4.90 Å². The molecule has 0 saturated carbocycles. The Balaban J connectivity index is 1.95. The molecule has 1 aromatic carbocycles. The average Bonchev–Trinajstić information content (AvgIpc) is 2.39.